The van der Waals surface area contributed by atoms with E-state index in [0.29, 0.717) is 12.4 Å². The Hall–Kier alpha value is -3.76. The molecule has 0 spiro atoms. The minimum absolute atomic E-state index is 0.0876. The number of hydrogen-bond donors (Lipinski definition) is 2. The van der Waals surface area contributed by atoms with Crippen molar-refractivity contribution >= 4 is 11.6 Å². The molecule has 0 amide bonds. The summed E-state index contributed by atoms with van der Waals surface area (Å²) in [5.41, 5.74) is 13.0. The molecule has 0 fully saturated rings. The number of anilines is 2. The molecule has 3 aromatic heterocycles. The van der Waals surface area contributed by atoms with E-state index in [0.717, 1.165) is 5.56 Å². The molecule has 120 valence electrons. The van der Waals surface area contributed by atoms with Gasteiger partial charge in [0.15, 0.2) is 28.8 Å². The molecule has 0 saturated heterocycles. The number of aromatic nitrogens is 7. The zero-order valence-corrected chi connectivity index (χ0v) is 12.2. The molecular weight excluding hydrogens is 314 g/mol. The average Bonchev–Trinajstić information content (AvgIpc) is 3.28. The minimum atomic E-state index is 0.0876. The molecule has 11 heteroatoms. The highest BCUT2D eigenvalue weighted by molar-refractivity contribution is 5.67. The highest BCUT2D eigenvalue weighted by Crippen LogP contribution is 2.26. The Kier molecular flexibility index (Phi) is 3.16. The molecule has 11 nitrogen and oxygen atoms in total. The fourth-order valence-corrected chi connectivity index (χ4v) is 2.19. The molecule has 0 aliphatic rings. The lowest BCUT2D eigenvalue weighted by molar-refractivity contribution is 0.310. The van der Waals surface area contributed by atoms with Gasteiger partial charge in [0, 0.05) is 0 Å². The number of hydrogen-bond acceptors (Lipinski definition) is 10. The summed E-state index contributed by atoms with van der Waals surface area (Å²) in [5, 5.41) is 19.0. The van der Waals surface area contributed by atoms with E-state index in [9.17, 15) is 0 Å². The summed E-state index contributed by atoms with van der Waals surface area (Å²) in [6.45, 7) is 0.431. The van der Waals surface area contributed by atoms with Crippen molar-refractivity contribution in [2.45, 2.75) is 6.54 Å². The van der Waals surface area contributed by atoms with E-state index >= 15 is 0 Å². The fraction of sp³-hybridized carbons (Fsp3) is 0.0769. The summed E-state index contributed by atoms with van der Waals surface area (Å²) in [5.74, 6) is 0.802. The first kappa shape index (κ1) is 13.9. The van der Waals surface area contributed by atoms with Crippen LogP contribution in [0, 0.1) is 0 Å². The Bertz CT molecular complexity index is 972. The van der Waals surface area contributed by atoms with Crippen molar-refractivity contribution in [3.05, 3.63) is 35.9 Å². The SMILES string of the molecule is Nc1nonc1-c1nc(-c2nonc2N)n(Cc2ccccc2)n1. The topological polar surface area (TPSA) is 161 Å². The number of nitrogens with zero attached hydrogens (tertiary/aromatic N) is 7. The highest BCUT2D eigenvalue weighted by atomic mass is 16.6. The van der Waals surface area contributed by atoms with Crippen LogP contribution >= 0.6 is 0 Å². The molecule has 0 radical (unpaired) electrons. The predicted octanol–water partition coefficient (Wildman–Crippen LogP) is 0.591. The van der Waals surface area contributed by atoms with Crippen molar-refractivity contribution in [3.8, 4) is 23.0 Å². The van der Waals surface area contributed by atoms with E-state index < -0.39 is 0 Å². The fourth-order valence-electron chi connectivity index (χ4n) is 2.19. The molecule has 0 bridgehead atoms. The zero-order valence-electron chi connectivity index (χ0n) is 12.2. The lowest BCUT2D eigenvalue weighted by Gasteiger charge is -2.03. The van der Waals surface area contributed by atoms with Gasteiger partial charge in [-0.1, -0.05) is 30.3 Å². The van der Waals surface area contributed by atoms with Gasteiger partial charge in [-0.15, -0.1) is 5.10 Å². The Labute approximate surface area is 134 Å². The van der Waals surface area contributed by atoms with Crippen molar-refractivity contribution < 1.29 is 9.26 Å². The van der Waals surface area contributed by atoms with Gasteiger partial charge in [0.25, 0.3) is 0 Å². The van der Waals surface area contributed by atoms with E-state index in [1.165, 1.54) is 0 Å². The summed E-state index contributed by atoms with van der Waals surface area (Å²) >= 11 is 0. The molecular formula is C13H11N9O2. The van der Waals surface area contributed by atoms with Crippen LogP contribution in [0.15, 0.2) is 39.6 Å². The van der Waals surface area contributed by atoms with Gasteiger partial charge in [0.1, 0.15) is 0 Å². The zero-order chi connectivity index (χ0) is 16.5. The smallest absolute Gasteiger partial charge is 0.207 e. The standard InChI is InChI=1S/C13H11N9O2/c14-10-8(18-23-20-10)12-16-13(9-11(15)21-24-19-9)22(17-12)6-7-4-2-1-3-5-7/h1-5H,6H2,(H2,14,20)(H2,15,21). The van der Waals surface area contributed by atoms with Crippen LogP contribution in [0.4, 0.5) is 11.6 Å². The van der Waals surface area contributed by atoms with Crippen LogP contribution in [0.2, 0.25) is 0 Å². The van der Waals surface area contributed by atoms with Crippen LogP contribution in [-0.2, 0) is 6.54 Å². The third-order valence-corrected chi connectivity index (χ3v) is 3.30. The van der Waals surface area contributed by atoms with Gasteiger partial charge in [-0.25, -0.2) is 18.9 Å². The molecule has 4 rings (SSSR count). The van der Waals surface area contributed by atoms with E-state index in [2.05, 4.69) is 40.0 Å². The van der Waals surface area contributed by atoms with Gasteiger partial charge in [0.2, 0.25) is 5.82 Å². The Balaban J connectivity index is 1.83. The summed E-state index contributed by atoms with van der Waals surface area (Å²) in [6.07, 6.45) is 0. The summed E-state index contributed by atoms with van der Waals surface area (Å²) < 4.78 is 10.9. The molecule has 0 atom stereocenters. The van der Waals surface area contributed by atoms with Crippen molar-refractivity contribution in [2.75, 3.05) is 11.5 Å². The summed E-state index contributed by atoms with van der Waals surface area (Å²) in [4.78, 5) is 4.38. The Morgan fingerprint density at radius 3 is 2.17 bits per heavy atom. The number of rotatable bonds is 4. The van der Waals surface area contributed by atoms with E-state index in [-0.39, 0.29) is 28.8 Å². The van der Waals surface area contributed by atoms with Gasteiger partial charge in [-0.05, 0) is 26.2 Å². The number of nitrogens with two attached hydrogens (primary N) is 2. The van der Waals surface area contributed by atoms with Gasteiger partial charge in [0.05, 0.1) is 6.54 Å². The minimum Gasteiger partial charge on any atom is -0.379 e. The second-order valence-corrected chi connectivity index (χ2v) is 4.90. The van der Waals surface area contributed by atoms with Crippen LogP contribution in [0.1, 0.15) is 5.56 Å². The van der Waals surface area contributed by atoms with E-state index in [4.69, 9.17) is 11.5 Å². The van der Waals surface area contributed by atoms with Crippen LogP contribution in [-0.4, -0.2) is 35.4 Å². The number of nitrogen functional groups attached to an aromatic ring is 2. The highest BCUT2D eigenvalue weighted by Gasteiger charge is 2.23. The Morgan fingerprint density at radius 1 is 0.875 bits per heavy atom. The molecule has 0 saturated carbocycles. The van der Waals surface area contributed by atoms with Crippen LogP contribution in [0.5, 0.6) is 0 Å². The normalized spacial score (nSPS) is 11.0. The second-order valence-electron chi connectivity index (χ2n) is 4.90. The van der Waals surface area contributed by atoms with E-state index in [1.807, 2.05) is 30.3 Å². The monoisotopic (exact) mass is 325 g/mol. The average molecular weight is 325 g/mol. The number of benzene rings is 1. The van der Waals surface area contributed by atoms with Gasteiger partial charge in [-0.2, -0.15) is 0 Å². The van der Waals surface area contributed by atoms with Crippen molar-refractivity contribution in [1.29, 1.82) is 0 Å². The maximum absolute atomic E-state index is 5.77. The summed E-state index contributed by atoms with van der Waals surface area (Å²) in [6, 6.07) is 9.71. The maximum atomic E-state index is 5.77. The van der Waals surface area contributed by atoms with Gasteiger partial charge in [-0.3, -0.25) is 0 Å². The lowest BCUT2D eigenvalue weighted by Crippen LogP contribution is -2.05. The molecule has 4 N–H and O–H groups in total. The van der Waals surface area contributed by atoms with E-state index in [1.54, 1.807) is 4.68 Å². The molecule has 0 aliphatic heterocycles. The van der Waals surface area contributed by atoms with Gasteiger partial charge >= 0.3 is 0 Å². The third kappa shape index (κ3) is 2.33. The molecule has 1 aromatic carbocycles. The van der Waals surface area contributed by atoms with Crippen LogP contribution in [0.3, 0.4) is 0 Å². The first-order valence-electron chi connectivity index (χ1n) is 6.88. The lowest BCUT2D eigenvalue weighted by atomic mass is 10.2. The van der Waals surface area contributed by atoms with Crippen molar-refractivity contribution in [2.24, 2.45) is 0 Å². The molecule has 24 heavy (non-hydrogen) atoms. The van der Waals surface area contributed by atoms with Crippen molar-refractivity contribution in [1.82, 2.24) is 35.4 Å². The van der Waals surface area contributed by atoms with Crippen molar-refractivity contribution in [3.63, 3.8) is 0 Å². The van der Waals surface area contributed by atoms with Gasteiger partial charge < -0.3 is 11.5 Å². The third-order valence-electron chi connectivity index (χ3n) is 3.30. The molecule has 0 unspecified atom stereocenters. The Morgan fingerprint density at radius 2 is 1.54 bits per heavy atom. The molecule has 4 aromatic rings. The largest absolute Gasteiger partial charge is 0.379 e. The second kappa shape index (κ2) is 5.46. The quantitative estimate of drug-likeness (QED) is 0.543. The molecule has 3 heterocycles. The first-order valence-corrected chi connectivity index (χ1v) is 6.88. The van der Waals surface area contributed by atoms with Crippen LogP contribution in [0.25, 0.3) is 23.0 Å². The maximum Gasteiger partial charge on any atom is 0.207 e. The molecule has 0 aliphatic carbocycles. The van der Waals surface area contributed by atoms with Crippen LogP contribution < -0.4 is 11.5 Å². The predicted molar refractivity (Wildman–Crippen MR) is 81.0 cm³/mol. The summed E-state index contributed by atoms with van der Waals surface area (Å²) in [7, 11) is 0. The first-order chi connectivity index (χ1) is 11.7.